The maximum Gasteiger partial charge on any atom is 0.162 e. The number of pyridine rings is 1. The molecular formula is C20H24BrN5O. The molecule has 2 fully saturated rings. The summed E-state index contributed by atoms with van der Waals surface area (Å²) in [4.78, 5) is 9.58. The van der Waals surface area contributed by atoms with Crippen molar-refractivity contribution in [3.8, 4) is 0 Å². The number of hydrogen-bond acceptors (Lipinski definition) is 6. The summed E-state index contributed by atoms with van der Waals surface area (Å²) in [6, 6.07) is 13.0. The fourth-order valence-electron chi connectivity index (χ4n) is 4.44. The molecule has 1 N–H and O–H groups in total. The molecule has 6 nitrogen and oxygen atoms in total. The molecule has 2 aromatic rings. The van der Waals surface area contributed by atoms with Crippen LogP contribution in [0, 0.1) is 0 Å². The van der Waals surface area contributed by atoms with E-state index >= 15 is 0 Å². The van der Waals surface area contributed by atoms with Crippen LogP contribution < -0.4 is 10.3 Å². The summed E-state index contributed by atoms with van der Waals surface area (Å²) in [5, 5.41) is 0. The monoisotopic (exact) mass is 429 g/mol. The van der Waals surface area contributed by atoms with E-state index in [-0.39, 0.29) is 6.23 Å². The van der Waals surface area contributed by atoms with E-state index in [4.69, 9.17) is 9.72 Å². The quantitative estimate of drug-likeness (QED) is 0.738. The smallest absolute Gasteiger partial charge is 0.162 e. The van der Waals surface area contributed by atoms with Crippen LogP contribution >= 0.6 is 16.1 Å². The van der Waals surface area contributed by atoms with Crippen molar-refractivity contribution in [2.45, 2.75) is 31.7 Å². The number of rotatable bonds is 2. The molecule has 0 spiro atoms. The van der Waals surface area contributed by atoms with Gasteiger partial charge in [-0.1, -0.05) is 32.0 Å². The second-order valence-electron chi connectivity index (χ2n) is 7.79. The first-order valence-electron chi connectivity index (χ1n) is 9.48. The van der Waals surface area contributed by atoms with E-state index in [1.165, 1.54) is 16.8 Å². The van der Waals surface area contributed by atoms with Crippen molar-refractivity contribution in [2.24, 2.45) is 0 Å². The lowest BCUT2D eigenvalue weighted by Crippen LogP contribution is -2.56. The number of ether oxygens (including phenoxy) is 1. The molecule has 0 amide bonds. The Labute approximate surface area is 168 Å². The summed E-state index contributed by atoms with van der Waals surface area (Å²) < 4.78 is 8.14. The van der Waals surface area contributed by atoms with Crippen molar-refractivity contribution in [3.05, 3.63) is 59.4 Å². The summed E-state index contributed by atoms with van der Waals surface area (Å²) in [5.41, 5.74) is 8.00. The van der Waals surface area contributed by atoms with Gasteiger partial charge in [0, 0.05) is 46.7 Å². The molecule has 4 heterocycles. The highest BCUT2D eigenvalue weighted by atomic mass is 79.9. The first kappa shape index (κ1) is 17.6. The molecule has 27 heavy (non-hydrogen) atoms. The summed E-state index contributed by atoms with van der Waals surface area (Å²) in [6.45, 7) is 7.66. The molecule has 0 aliphatic carbocycles. The molecule has 1 aromatic heterocycles. The van der Waals surface area contributed by atoms with Crippen LogP contribution in [0.1, 0.15) is 42.8 Å². The Bertz CT molecular complexity index is 848. The standard InChI is InChI=1S/C20H24BrN5O/c1-14(2)15-6-7-16-17(11-15)25-13-26(21)23-20(25,18-5-3-4-8-22-18)12-24-9-10-27-19(16)24/h3-8,11,14,19,23H,9-10,12-13H2,1-2H3. The van der Waals surface area contributed by atoms with Gasteiger partial charge in [-0.3, -0.25) is 9.88 Å². The van der Waals surface area contributed by atoms with Crippen molar-refractivity contribution >= 4 is 21.8 Å². The first-order valence-corrected chi connectivity index (χ1v) is 10.2. The molecular weight excluding hydrogens is 406 g/mol. The highest BCUT2D eigenvalue weighted by molar-refractivity contribution is 9.07. The molecule has 7 heteroatoms. The molecule has 0 radical (unpaired) electrons. The molecule has 3 aliphatic rings. The Morgan fingerprint density at radius 1 is 1.30 bits per heavy atom. The molecule has 0 bridgehead atoms. The van der Waals surface area contributed by atoms with Gasteiger partial charge in [-0.25, -0.2) is 5.43 Å². The van der Waals surface area contributed by atoms with Crippen molar-refractivity contribution in [1.82, 2.24) is 19.3 Å². The molecule has 142 valence electrons. The minimum Gasteiger partial charge on any atom is -0.357 e. The van der Waals surface area contributed by atoms with Gasteiger partial charge in [0.1, 0.15) is 6.23 Å². The van der Waals surface area contributed by atoms with Crippen LogP contribution in [-0.4, -0.2) is 40.3 Å². The van der Waals surface area contributed by atoms with Crippen LogP contribution in [0.3, 0.4) is 0 Å². The predicted molar refractivity (Wildman–Crippen MR) is 108 cm³/mol. The van der Waals surface area contributed by atoms with E-state index in [2.05, 4.69) is 75.6 Å². The fourth-order valence-corrected chi connectivity index (χ4v) is 4.95. The van der Waals surface area contributed by atoms with Gasteiger partial charge in [-0.05, 0) is 29.7 Å². The Hall–Kier alpha value is -1.51. The second-order valence-corrected chi connectivity index (χ2v) is 8.64. The van der Waals surface area contributed by atoms with Crippen LogP contribution in [-0.2, 0) is 10.4 Å². The Kier molecular flexibility index (Phi) is 4.25. The Morgan fingerprint density at radius 3 is 2.96 bits per heavy atom. The number of hydrazine groups is 1. The van der Waals surface area contributed by atoms with Crippen LogP contribution in [0.5, 0.6) is 0 Å². The lowest BCUT2D eigenvalue weighted by molar-refractivity contribution is 0.0224. The van der Waals surface area contributed by atoms with E-state index in [1.54, 1.807) is 0 Å². The highest BCUT2D eigenvalue weighted by Crippen LogP contribution is 2.46. The topological polar surface area (TPSA) is 43.9 Å². The first-order chi connectivity index (χ1) is 13.1. The van der Waals surface area contributed by atoms with Gasteiger partial charge in [0.05, 0.1) is 19.0 Å². The van der Waals surface area contributed by atoms with E-state index in [9.17, 15) is 0 Å². The second kappa shape index (κ2) is 6.53. The molecule has 2 saturated heterocycles. The normalized spacial score (nSPS) is 28.1. The third-order valence-electron chi connectivity index (χ3n) is 5.82. The van der Waals surface area contributed by atoms with Crippen molar-refractivity contribution < 1.29 is 4.74 Å². The molecule has 0 saturated carbocycles. The average Bonchev–Trinajstić information content (AvgIpc) is 3.24. The van der Waals surface area contributed by atoms with Gasteiger partial charge in [0.15, 0.2) is 5.66 Å². The van der Waals surface area contributed by atoms with Crippen LogP contribution in [0.25, 0.3) is 0 Å². The lowest BCUT2D eigenvalue weighted by Gasteiger charge is -2.38. The van der Waals surface area contributed by atoms with E-state index in [0.717, 1.165) is 25.4 Å². The lowest BCUT2D eigenvalue weighted by atomic mass is 9.98. The number of nitrogens with one attached hydrogen (secondary N) is 1. The SMILES string of the molecule is CC(C)c1ccc2c(c1)N1CN(Br)NC1(c1ccccn1)CN1CCOC21. The van der Waals surface area contributed by atoms with Crippen LogP contribution in [0.2, 0.25) is 0 Å². The number of fused-ring (bicyclic) bond motifs is 5. The number of nitrogens with zero attached hydrogens (tertiary/aromatic N) is 4. The minimum atomic E-state index is -0.447. The molecule has 5 rings (SSSR count). The molecule has 1 aromatic carbocycles. The van der Waals surface area contributed by atoms with Crippen molar-refractivity contribution in [1.29, 1.82) is 0 Å². The fraction of sp³-hybridized carbons (Fsp3) is 0.450. The van der Waals surface area contributed by atoms with E-state index in [0.29, 0.717) is 12.6 Å². The van der Waals surface area contributed by atoms with Gasteiger partial charge >= 0.3 is 0 Å². The maximum atomic E-state index is 6.16. The zero-order valence-corrected chi connectivity index (χ0v) is 17.2. The van der Waals surface area contributed by atoms with Gasteiger partial charge < -0.3 is 9.64 Å². The zero-order valence-electron chi connectivity index (χ0n) is 15.6. The number of halogens is 1. The predicted octanol–water partition coefficient (Wildman–Crippen LogP) is 3.30. The number of anilines is 1. The maximum absolute atomic E-state index is 6.16. The third-order valence-corrected chi connectivity index (χ3v) is 6.22. The minimum absolute atomic E-state index is 0.00188. The number of aromatic nitrogens is 1. The molecule has 2 unspecified atom stereocenters. The summed E-state index contributed by atoms with van der Waals surface area (Å²) in [7, 11) is 0. The van der Waals surface area contributed by atoms with Crippen LogP contribution in [0.4, 0.5) is 5.69 Å². The average molecular weight is 430 g/mol. The Morgan fingerprint density at radius 2 is 2.19 bits per heavy atom. The van der Waals surface area contributed by atoms with Crippen molar-refractivity contribution in [2.75, 3.05) is 31.3 Å². The zero-order chi connectivity index (χ0) is 18.6. The largest absolute Gasteiger partial charge is 0.357 e. The third kappa shape index (κ3) is 2.72. The van der Waals surface area contributed by atoms with E-state index < -0.39 is 5.66 Å². The van der Waals surface area contributed by atoms with Crippen molar-refractivity contribution in [3.63, 3.8) is 0 Å². The summed E-state index contributed by atoms with van der Waals surface area (Å²) >= 11 is 3.66. The van der Waals surface area contributed by atoms with E-state index in [1.807, 2.05) is 16.3 Å². The van der Waals surface area contributed by atoms with Gasteiger partial charge in [0.25, 0.3) is 0 Å². The summed E-state index contributed by atoms with van der Waals surface area (Å²) in [6.07, 6.45) is 1.87. The molecule has 2 atom stereocenters. The van der Waals surface area contributed by atoms with Gasteiger partial charge in [-0.2, -0.15) is 4.03 Å². The highest BCUT2D eigenvalue weighted by Gasteiger charge is 2.52. The van der Waals surface area contributed by atoms with Gasteiger partial charge in [-0.15, -0.1) is 0 Å². The number of benzene rings is 1. The Balaban J connectivity index is 1.74. The molecule has 3 aliphatic heterocycles. The number of hydrogen-bond donors (Lipinski definition) is 1. The van der Waals surface area contributed by atoms with Crippen LogP contribution in [0.15, 0.2) is 42.6 Å². The van der Waals surface area contributed by atoms with Gasteiger partial charge in [0.2, 0.25) is 0 Å². The summed E-state index contributed by atoms with van der Waals surface area (Å²) in [5.74, 6) is 0.471.